The third-order valence-electron chi connectivity index (χ3n) is 4.03. The van der Waals surface area contributed by atoms with Crippen molar-refractivity contribution >= 4 is 23.4 Å². The fourth-order valence-corrected chi connectivity index (χ4v) is 3.39. The summed E-state index contributed by atoms with van der Waals surface area (Å²) in [5.74, 6) is 3.10. The summed E-state index contributed by atoms with van der Waals surface area (Å²) in [5.41, 5.74) is 2.34. The first-order valence-electron chi connectivity index (χ1n) is 8.63. The summed E-state index contributed by atoms with van der Waals surface area (Å²) in [4.78, 5) is 0. The van der Waals surface area contributed by atoms with Crippen molar-refractivity contribution in [3.05, 3.63) is 64.4 Å². The smallest absolute Gasteiger partial charge is 0.191 e. The Balaban J connectivity index is 1.50. The summed E-state index contributed by atoms with van der Waals surface area (Å²) in [5, 5.41) is 9.85. The van der Waals surface area contributed by atoms with Crippen LogP contribution < -0.4 is 9.47 Å². The number of thioether (sulfide) groups is 1. The van der Waals surface area contributed by atoms with Crippen LogP contribution in [0, 0.1) is 13.8 Å². The predicted molar refractivity (Wildman–Crippen MR) is 109 cm³/mol. The monoisotopic (exact) mass is 403 g/mol. The zero-order chi connectivity index (χ0) is 19.2. The summed E-state index contributed by atoms with van der Waals surface area (Å²) in [6.07, 6.45) is 0. The van der Waals surface area contributed by atoms with Crippen LogP contribution in [0.15, 0.2) is 47.6 Å². The Hall–Kier alpha value is -2.18. The second-order valence-corrected chi connectivity index (χ2v) is 7.61. The largest absolute Gasteiger partial charge is 0.492 e. The van der Waals surface area contributed by atoms with E-state index in [4.69, 9.17) is 21.1 Å². The van der Waals surface area contributed by atoms with Gasteiger partial charge >= 0.3 is 0 Å². The van der Waals surface area contributed by atoms with Crippen molar-refractivity contribution in [2.24, 2.45) is 7.05 Å². The van der Waals surface area contributed by atoms with Crippen molar-refractivity contribution in [3.63, 3.8) is 0 Å². The van der Waals surface area contributed by atoms with Crippen molar-refractivity contribution in [1.82, 2.24) is 14.8 Å². The normalized spacial score (nSPS) is 10.8. The maximum atomic E-state index is 6.11. The van der Waals surface area contributed by atoms with Gasteiger partial charge in [-0.15, -0.1) is 10.2 Å². The summed E-state index contributed by atoms with van der Waals surface area (Å²) >= 11 is 7.71. The summed E-state index contributed by atoms with van der Waals surface area (Å²) in [6.45, 7) is 5.03. The molecule has 0 spiro atoms. The van der Waals surface area contributed by atoms with Crippen LogP contribution in [-0.4, -0.2) is 27.1 Å². The van der Waals surface area contributed by atoms with E-state index in [1.165, 1.54) is 5.56 Å². The molecule has 0 aliphatic heterocycles. The van der Waals surface area contributed by atoms with E-state index in [2.05, 4.69) is 42.2 Å². The highest BCUT2D eigenvalue weighted by Crippen LogP contribution is 2.24. The third-order valence-corrected chi connectivity index (χ3v) is 5.33. The van der Waals surface area contributed by atoms with E-state index < -0.39 is 0 Å². The number of rotatable bonds is 8. The second-order valence-electron chi connectivity index (χ2n) is 6.14. The molecular weight excluding hydrogens is 382 g/mol. The van der Waals surface area contributed by atoms with E-state index in [9.17, 15) is 0 Å². The van der Waals surface area contributed by atoms with Gasteiger partial charge in [0.1, 0.15) is 18.1 Å². The van der Waals surface area contributed by atoms with Crippen molar-refractivity contribution in [1.29, 1.82) is 0 Å². The predicted octanol–water partition coefficient (Wildman–Crippen LogP) is 4.84. The number of hydrogen-bond acceptors (Lipinski definition) is 5. The fraction of sp³-hybridized carbons (Fsp3) is 0.300. The molecule has 0 saturated heterocycles. The lowest BCUT2D eigenvalue weighted by Gasteiger charge is -2.10. The topological polar surface area (TPSA) is 49.2 Å². The summed E-state index contributed by atoms with van der Waals surface area (Å²) in [6, 6.07) is 13.6. The lowest BCUT2D eigenvalue weighted by Crippen LogP contribution is -2.06. The van der Waals surface area contributed by atoms with Gasteiger partial charge in [-0.2, -0.15) is 0 Å². The molecule has 5 nitrogen and oxygen atoms in total. The minimum absolute atomic E-state index is 0.312. The minimum atomic E-state index is 0.312. The van der Waals surface area contributed by atoms with Crippen molar-refractivity contribution < 1.29 is 9.47 Å². The standard InChI is InChI=1S/C20H22ClN3O2S/c1-14-8-9-15(2)18(12-14)25-10-11-27-20-23-22-19(24(20)3)13-26-17-7-5-4-6-16(17)21/h4-9,12H,10-11,13H2,1-3H3. The number of hydrogen-bond donors (Lipinski definition) is 0. The van der Waals surface area contributed by atoms with Gasteiger partial charge in [0.05, 0.1) is 11.6 Å². The lowest BCUT2D eigenvalue weighted by molar-refractivity contribution is 0.290. The maximum absolute atomic E-state index is 6.11. The van der Waals surface area contributed by atoms with Crippen LogP contribution in [0.4, 0.5) is 0 Å². The van der Waals surface area contributed by atoms with Gasteiger partial charge in [-0.1, -0.05) is 47.6 Å². The maximum Gasteiger partial charge on any atom is 0.191 e. The highest BCUT2D eigenvalue weighted by atomic mass is 35.5. The summed E-state index contributed by atoms with van der Waals surface area (Å²) in [7, 11) is 1.93. The van der Waals surface area contributed by atoms with Crippen LogP contribution in [0.25, 0.3) is 0 Å². The van der Waals surface area contributed by atoms with Crippen LogP contribution in [0.5, 0.6) is 11.5 Å². The molecule has 142 valence electrons. The van der Waals surface area contributed by atoms with Crippen molar-refractivity contribution in [3.8, 4) is 11.5 Å². The Morgan fingerprint density at radius 1 is 1.04 bits per heavy atom. The average Bonchev–Trinajstić information content (AvgIpc) is 3.01. The molecule has 0 atom stereocenters. The number of benzene rings is 2. The van der Waals surface area contributed by atoms with Crippen LogP contribution in [0.2, 0.25) is 5.02 Å². The number of nitrogens with zero attached hydrogens (tertiary/aromatic N) is 3. The highest BCUT2D eigenvalue weighted by molar-refractivity contribution is 7.99. The molecule has 0 fully saturated rings. The third kappa shape index (κ3) is 5.17. The molecule has 1 heterocycles. The Morgan fingerprint density at radius 2 is 1.85 bits per heavy atom. The highest BCUT2D eigenvalue weighted by Gasteiger charge is 2.11. The van der Waals surface area contributed by atoms with Gasteiger partial charge in [-0.25, -0.2) is 0 Å². The van der Waals surface area contributed by atoms with Crippen LogP contribution in [-0.2, 0) is 13.7 Å². The minimum Gasteiger partial charge on any atom is -0.492 e. The first kappa shape index (κ1) is 19.6. The first-order chi connectivity index (χ1) is 13.0. The number of halogens is 1. The number of ether oxygens (including phenoxy) is 2. The lowest BCUT2D eigenvalue weighted by atomic mass is 10.1. The molecule has 3 aromatic rings. The number of aryl methyl sites for hydroxylation is 2. The number of aromatic nitrogens is 3. The molecule has 1 aromatic heterocycles. The van der Waals surface area contributed by atoms with Crippen LogP contribution >= 0.6 is 23.4 Å². The molecule has 0 N–H and O–H groups in total. The summed E-state index contributed by atoms with van der Waals surface area (Å²) < 4.78 is 13.6. The van der Waals surface area contributed by atoms with Gasteiger partial charge in [-0.05, 0) is 43.2 Å². The first-order valence-corrected chi connectivity index (χ1v) is 9.99. The van der Waals surface area contributed by atoms with E-state index in [1.807, 2.05) is 29.8 Å². The van der Waals surface area contributed by atoms with Crippen LogP contribution in [0.1, 0.15) is 17.0 Å². The molecule has 3 rings (SSSR count). The van der Waals surface area contributed by atoms with Gasteiger partial charge in [0.15, 0.2) is 11.0 Å². The molecule has 0 amide bonds. The number of para-hydroxylation sites is 1. The van der Waals surface area contributed by atoms with Crippen molar-refractivity contribution in [2.45, 2.75) is 25.6 Å². The molecule has 0 unspecified atom stereocenters. The molecule has 0 aliphatic carbocycles. The molecule has 7 heteroatoms. The van der Waals surface area contributed by atoms with E-state index in [0.717, 1.165) is 28.0 Å². The molecular formula is C20H22ClN3O2S. The van der Waals surface area contributed by atoms with Gasteiger partial charge < -0.3 is 14.0 Å². The quantitative estimate of drug-likeness (QED) is 0.398. The van der Waals surface area contributed by atoms with Gasteiger partial charge in [0.2, 0.25) is 0 Å². The Bertz CT molecular complexity index is 914. The van der Waals surface area contributed by atoms with E-state index >= 15 is 0 Å². The molecule has 0 radical (unpaired) electrons. The van der Waals surface area contributed by atoms with Gasteiger partial charge in [0.25, 0.3) is 0 Å². The molecule has 0 saturated carbocycles. The SMILES string of the molecule is Cc1ccc(C)c(OCCSc2nnc(COc3ccccc3Cl)n2C)c1. The average molecular weight is 404 g/mol. The Kier molecular flexibility index (Phi) is 6.63. The zero-order valence-electron chi connectivity index (χ0n) is 15.6. The fourth-order valence-electron chi connectivity index (χ4n) is 2.45. The van der Waals surface area contributed by atoms with Gasteiger partial charge in [0, 0.05) is 12.8 Å². The van der Waals surface area contributed by atoms with Crippen LogP contribution in [0.3, 0.4) is 0 Å². The zero-order valence-corrected chi connectivity index (χ0v) is 17.2. The van der Waals surface area contributed by atoms with E-state index in [0.29, 0.717) is 24.0 Å². The Labute approximate surface area is 168 Å². The molecule has 27 heavy (non-hydrogen) atoms. The van der Waals surface area contributed by atoms with E-state index in [-0.39, 0.29) is 0 Å². The molecule has 0 aliphatic rings. The molecule has 2 aromatic carbocycles. The van der Waals surface area contributed by atoms with Crippen molar-refractivity contribution in [2.75, 3.05) is 12.4 Å². The van der Waals surface area contributed by atoms with Gasteiger partial charge in [-0.3, -0.25) is 0 Å². The Morgan fingerprint density at radius 3 is 2.67 bits per heavy atom. The molecule has 0 bridgehead atoms. The van der Waals surface area contributed by atoms with E-state index in [1.54, 1.807) is 17.8 Å². The second kappa shape index (κ2) is 9.15.